The number of aromatic nitrogens is 1. The standard InChI is InChI=1S/C16H26N4/c1-14-12-17-8-11-20(14)16(13-19-9-4-5-10-19)15-6-2-3-7-18-15/h2-3,6-7,14,16-17H,4-5,8-13H2,1H3. The topological polar surface area (TPSA) is 31.4 Å². The van der Waals surface area contributed by atoms with Gasteiger partial charge in [-0.15, -0.1) is 0 Å². The summed E-state index contributed by atoms with van der Waals surface area (Å²) in [4.78, 5) is 9.88. The van der Waals surface area contributed by atoms with Gasteiger partial charge in [0.1, 0.15) is 0 Å². The zero-order valence-electron chi connectivity index (χ0n) is 12.5. The Morgan fingerprint density at radius 1 is 1.30 bits per heavy atom. The third-order valence-corrected chi connectivity index (χ3v) is 4.61. The minimum atomic E-state index is 0.436. The number of piperazine rings is 1. The lowest BCUT2D eigenvalue weighted by Gasteiger charge is -2.41. The molecule has 0 amide bonds. The van der Waals surface area contributed by atoms with Gasteiger partial charge in [0, 0.05) is 38.4 Å². The number of rotatable bonds is 4. The summed E-state index contributed by atoms with van der Waals surface area (Å²) in [5, 5.41) is 3.49. The molecule has 4 heteroatoms. The van der Waals surface area contributed by atoms with Crippen molar-refractivity contribution < 1.29 is 0 Å². The van der Waals surface area contributed by atoms with Crippen molar-refractivity contribution in [2.75, 3.05) is 39.3 Å². The molecule has 0 spiro atoms. The molecule has 0 radical (unpaired) electrons. The van der Waals surface area contributed by atoms with Crippen LogP contribution in [0.3, 0.4) is 0 Å². The molecule has 2 saturated heterocycles. The molecule has 3 rings (SSSR count). The lowest BCUT2D eigenvalue weighted by Crippen LogP contribution is -2.53. The molecule has 2 atom stereocenters. The SMILES string of the molecule is CC1CNCCN1C(CN1CCCC1)c1ccccn1. The van der Waals surface area contributed by atoms with Crippen LogP contribution in [0.4, 0.5) is 0 Å². The van der Waals surface area contributed by atoms with Crippen LogP contribution in [-0.2, 0) is 0 Å². The van der Waals surface area contributed by atoms with Crippen molar-refractivity contribution in [3.63, 3.8) is 0 Å². The largest absolute Gasteiger partial charge is 0.314 e. The molecule has 2 unspecified atom stereocenters. The van der Waals surface area contributed by atoms with Gasteiger partial charge in [0.15, 0.2) is 0 Å². The fourth-order valence-corrected chi connectivity index (χ4v) is 3.47. The van der Waals surface area contributed by atoms with Crippen molar-refractivity contribution in [2.24, 2.45) is 0 Å². The molecule has 1 aromatic rings. The maximum Gasteiger partial charge on any atom is 0.0652 e. The normalized spacial score (nSPS) is 26.8. The highest BCUT2D eigenvalue weighted by Gasteiger charge is 2.30. The molecule has 4 nitrogen and oxygen atoms in total. The predicted octanol–water partition coefficient (Wildman–Crippen LogP) is 1.51. The van der Waals surface area contributed by atoms with Gasteiger partial charge in [-0.3, -0.25) is 9.88 Å². The Bertz CT molecular complexity index is 402. The monoisotopic (exact) mass is 274 g/mol. The molecule has 3 heterocycles. The fourth-order valence-electron chi connectivity index (χ4n) is 3.47. The van der Waals surface area contributed by atoms with Crippen LogP contribution in [0, 0.1) is 0 Å². The summed E-state index contributed by atoms with van der Waals surface area (Å²) < 4.78 is 0. The lowest BCUT2D eigenvalue weighted by atomic mass is 10.1. The molecule has 1 N–H and O–H groups in total. The van der Waals surface area contributed by atoms with Crippen LogP contribution in [0.25, 0.3) is 0 Å². The Morgan fingerprint density at radius 2 is 2.15 bits per heavy atom. The van der Waals surface area contributed by atoms with Crippen LogP contribution in [0.1, 0.15) is 31.5 Å². The van der Waals surface area contributed by atoms with Gasteiger partial charge in [-0.25, -0.2) is 0 Å². The van der Waals surface area contributed by atoms with E-state index in [2.05, 4.69) is 39.2 Å². The van der Waals surface area contributed by atoms with Crippen LogP contribution in [0.2, 0.25) is 0 Å². The van der Waals surface area contributed by atoms with Gasteiger partial charge >= 0.3 is 0 Å². The molecule has 2 aliphatic heterocycles. The molecule has 0 aromatic carbocycles. The van der Waals surface area contributed by atoms with Crippen LogP contribution in [0.15, 0.2) is 24.4 Å². The van der Waals surface area contributed by atoms with E-state index in [1.165, 1.54) is 31.6 Å². The van der Waals surface area contributed by atoms with Crippen molar-refractivity contribution >= 4 is 0 Å². The maximum absolute atomic E-state index is 4.64. The molecule has 0 bridgehead atoms. The molecule has 0 aliphatic carbocycles. The quantitative estimate of drug-likeness (QED) is 0.902. The van der Waals surface area contributed by atoms with E-state index in [9.17, 15) is 0 Å². The van der Waals surface area contributed by atoms with Crippen molar-refractivity contribution in [2.45, 2.75) is 31.8 Å². The average Bonchev–Trinajstić information content (AvgIpc) is 3.00. The number of hydrogen-bond donors (Lipinski definition) is 1. The minimum Gasteiger partial charge on any atom is -0.314 e. The fraction of sp³-hybridized carbons (Fsp3) is 0.688. The average molecular weight is 274 g/mol. The first-order valence-electron chi connectivity index (χ1n) is 7.94. The second-order valence-electron chi connectivity index (χ2n) is 6.07. The number of nitrogens with one attached hydrogen (secondary N) is 1. The summed E-state index contributed by atoms with van der Waals surface area (Å²) in [6.07, 6.45) is 4.64. The number of pyridine rings is 1. The zero-order valence-corrected chi connectivity index (χ0v) is 12.5. The summed E-state index contributed by atoms with van der Waals surface area (Å²) in [6.45, 7) is 9.26. The third kappa shape index (κ3) is 3.19. The Labute approximate surface area is 122 Å². The number of hydrogen-bond acceptors (Lipinski definition) is 4. The molecule has 110 valence electrons. The van der Waals surface area contributed by atoms with Crippen LogP contribution < -0.4 is 5.32 Å². The summed E-state index contributed by atoms with van der Waals surface area (Å²) >= 11 is 0. The van der Waals surface area contributed by atoms with Crippen molar-refractivity contribution in [3.05, 3.63) is 30.1 Å². The summed E-state index contributed by atoms with van der Waals surface area (Å²) in [5.41, 5.74) is 1.23. The molecule has 1 aromatic heterocycles. The molecule has 2 aliphatic rings. The van der Waals surface area contributed by atoms with Crippen molar-refractivity contribution in [3.8, 4) is 0 Å². The van der Waals surface area contributed by atoms with E-state index < -0.39 is 0 Å². The Kier molecular flexibility index (Phi) is 4.65. The predicted molar refractivity (Wildman–Crippen MR) is 81.7 cm³/mol. The van der Waals surface area contributed by atoms with E-state index >= 15 is 0 Å². The van der Waals surface area contributed by atoms with E-state index in [1.54, 1.807) is 0 Å². The molecular weight excluding hydrogens is 248 g/mol. The lowest BCUT2D eigenvalue weighted by molar-refractivity contribution is 0.0884. The van der Waals surface area contributed by atoms with Gasteiger partial charge in [0.2, 0.25) is 0 Å². The van der Waals surface area contributed by atoms with Gasteiger partial charge in [-0.1, -0.05) is 6.07 Å². The van der Waals surface area contributed by atoms with Crippen molar-refractivity contribution in [1.29, 1.82) is 0 Å². The smallest absolute Gasteiger partial charge is 0.0652 e. The van der Waals surface area contributed by atoms with E-state index in [4.69, 9.17) is 0 Å². The molecule has 0 saturated carbocycles. The number of nitrogens with zero attached hydrogens (tertiary/aromatic N) is 3. The highest BCUT2D eigenvalue weighted by molar-refractivity contribution is 5.11. The van der Waals surface area contributed by atoms with E-state index in [1.807, 2.05) is 12.3 Å². The molecular formula is C16H26N4. The number of likely N-dealkylation sites (tertiary alicyclic amines) is 1. The van der Waals surface area contributed by atoms with Gasteiger partial charge in [0.25, 0.3) is 0 Å². The van der Waals surface area contributed by atoms with Crippen LogP contribution in [-0.4, -0.2) is 60.1 Å². The van der Waals surface area contributed by atoms with Gasteiger partial charge < -0.3 is 10.2 Å². The molecule has 2 fully saturated rings. The zero-order chi connectivity index (χ0) is 13.8. The summed E-state index contributed by atoms with van der Waals surface area (Å²) in [5.74, 6) is 0. The highest BCUT2D eigenvalue weighted by atomic mass is 15.3. The second-order valence-corrected chi connectivity index (χ2v) is 6.07. The summed E-state index contributed by atoms with van der Waals surface area (Å²) in [7, 11) is 0. The Morgan fingerprint density at radius 3 is 2.85 bits per heavy atom. The minimum absolute atomic E-state index is 0.436. The van der Waals surface area contributed by atoms with E-state index in [0.29, 0.717) is 12.1 Å². The Balaban J connectivity index is 1.78. The van der Waals surface area contributed by atoms with Gasteiger partial charge in [-0.2, -0.15) is 0 Å². The third-order valence-electron chi connectivity index (χ3n) is 4.61. The highest BCUT2D eigenvalue weighted by Crippen LogP contribution is 2.25. The first kappa shape index (κ1) is 14.0. The first-order chi connectivity index (χ1) is 9.84. The summed E-state index contributed by atoms with van der Waals surface area (Å²) in [6, 6.07) is 7.34. The van der Waals surface area contributed by atoms with Gasteiger partial charge in [0.05, 0.1) is 11.7 Å². The van der Waals surface area contributed by atoms with Crippen LogP contribution >= 0.6 is 0 Å². The maximum atomic E-state index is 4.64. The Hall–Kier alpha value is -0.970. The van der Waals surface area contributed by atoms with Crippen molar-refractivity contribution in [1.82, 2.24) is 20.1 Å². The van der Waals surface area contributed by atoms with E-state index in [-0.39, 0.29) is 0 Å². The van der Waals surface area contributed by atoms with Crippen LogP contribution in [0.5, 0.6) is 0 Å². The first-order valence-corrected chi connectivity index (χ1v) is 7.94. The molecule has 20 heavy (non-hydrogen) atoms. The van der Waals surface area contributed by atoms with Gasteiger partial charge in [-0.05, 0) is 45.0 Å². The van der Waals surface area contributed by atoms with E-state index in [0.717, 1.165) is 26.2 Å². The second kappa shape index (κ2) is 6.66.